The molecule has 6 nitrogen and oxygen atoms in total. The standard InChI is InChI=1S/C13H19N3O3/c1-16-11-6-9(2-3-12(11)19-13(16)18)4-5-15-8-10(17)7-14/h2-3,6,10,15,17H,4-5,7-8,14H2,1H3. The van der Waals surface area contributed by atoms with Crippen molar-refractivity contribution in [2.24, 2.45) is 12.8 Å². The average molecular weight is 265 g/mol. The van der Waals surface area contributed by atoms with Gasteiger partial charge >= 0.3 is 5.76 Å². The lowest BCUT2D eigenvalue weighted by Gasteiger charge is -2.09. The molecule has 0 saturated carbocycles. The van der Waals surface area contributed by atoms with Crippen LogP contribution in [0.3, 0.4) is 0 Å². The summed E-state index contributed by atoms with van der Waals surface area (Å²) in [6.07, 6.45) is 0.309. The van der Waals surface area contributed by atoms with Gasteiger partial charge in [-0.15, -0.1) is 0 Å². The lowest BCUT2D eigenvalue weighted by Crippen LogP contribution is -2.33. The summed E-state index contributed by atoms with van der Waals surface area (Å²) in [5.41, 5.74) is 7.82. The van der Waals surface area contributed by atoms with Gasteiger partial charge in [0.15, 0.2) is 5.58 Å². The Labute approximate surface area is 110 Å². The second-order valence-corrected chi connectivity index (χ2v) is 4.57. The maximum absolute atomic E-state index is 11.4. The minimum atomic E-state index is -0.503. The van der Waals surface area contributed by atoms with E-state index in [0.29, 0.717) is 12.1 Å². The maximum atomic E-state index is 11.4. The smallest absolute Gasteiger partial charge is 0.408 e. The van der Waals surface area contributed by atoms with Crippen molar-refractivity contribution in [3.8, 4) is 0 Å². The van der Waals surface area contributed by atoms with Crippen molar-refractivity contribution < 1.29 is 9.52 Å². The number of nitrogens with zero attached hydrogens (tertiary/aromatic N) is 1. The topological polar surface area (TPSA) is 93.4 Å². The molecule has 0 spiro atoms. The van der Waals surface area contributed by atoms with Crippen LogP contribution in [0.2, 0.25) is 0 Å². The van der Waals surface area contributed by atoms with Crippen LogP contribution in [0.15, 0.2) is 27.4 Å². The Hall–Kier alpha value is -1.63. The third-order valence-corrected chi connectivity index (χ3v) is 3.10. The molecule has 104 valence electrons. The van der Waals surface area contributed by atoms with Crippen LogP contribution in [0.5, 0.6) is 0 Å². The number of hydrogen-bond donors (Lipinski definition) is 3. The molecule has 4 N–H and O–H groups in total. The highest BCUT2D eigenvalue weighted by Crippen LogP contribution is 2.14. The summed E-state index contributed by atoms with van der Waals surface area (Å²) in [4.78, 5) is 11.4. The van der Waals surface area contributed by atoms with Gasteiger partial charge in [0.05, 0.1) is 11.6 Å². The molecule has 0 aliphatic carbocycles. The fraction of sp³-hybridized carbons (Fsp3) is 0.462. The van der Waals surface area contributed by atoms with Gasteiger partial charge in [0.25, 0.3) is 0 Å². The first kappa shape index (κ1) is 13.8. The summed E-state index contributed by atoms with van der Waals surface area (Å²) < 4.78 is 6.56. The number of nitrogens with one attached hydrogen (secondary N) is 1. The van der Waals surface area contributed by atoms with Crippen LogP contribution >= 0.6 is 0 Å². The third-order valence-electron chi connectivity index (χ3n) is 3.10. The van der Waals surface area contributed by atoms with E-state index in [-0.39, 0.29) is 12.3 Å². The van der Waals surface area contributed by atoms with E-state index in [1.165, 1.54) is 4.57 Å². The van der Waals surface area contributed by atoms with E-state index in [9.17, 15) is 9.90 Å². The largest absolute Gasteiger partial charge is 0.419 e. The van der Waals surface area contributed by atoms with Gasteiger partial charge in [0.1, 0.15) is 0 Å². The van der Waals surface area contributed by atoms with Crippen molar-refractivity contribution in [2.75, 3.05) is 19.6 Å². The molecule has 1 aromatic carbocycles. The van der Waals surface area contributed by atoms with Gasteiger partial charge < -0.3 is 20.6 Å². The van der Waals surface area contributed by atoms with Crippen LogP contribution in [0.1, 0.15) is 5.56 Å². The second-order valence-electron chi connectivity index (χ2n) is 4.57. The van der Waals surface area contributed by atoms with Gasteiger partial charge in [-0.25, -0.2) is 4.79 Å². The molecule has 2 aromatic rings. The Morgan fingerprint density at radius 1 is 1.53 bits per heavy atom. The number of benzene rings is 1. The van der Waals surface area contributed by atoms with Crippen molar-refractivity contribution in [2.45, 2.75) is 12.5 Å². The average Bonchev–Trinajstić information content (AvgIpc) is 2.70. The fourth-order valence-electron chi connectivity index (χ4n) is 1.91. The molecule has 1 heterocycles. The van der Waals surface area contributed by atoms with Crippen molar-refractivity contribution in [3.05, 3.63) is 34.3 Å². The summed E-state index contributed by atoms with van der Waals surface area (Å²) in [6, 6.07) is 5.69. The molecular formula is C13H19N3O3. The SMILES string of the molecule is Cn1c(=O)oc2ccc(CCNCC(O)CN)cc21. The molecule has 0 aliphatic heterocycles. The maximum Gasteiger partial charge on any atom is 0.419 e. The predicted octanol–water partition coefficient (Wildman–Crippen LogP) is -0.417. The highest BCUT2D eigenvalue weighted by molar-refractivity contribution is 5.73. The lowest BCUT2D eigenvalue weighted by atomic mass is 10.1. The normalized spacial score (nSPS) is 13.0. The van der Waals surface area contributed by atoms with Crippen LogP contribution in [0.25, 0.3) is 11.1 Å². The predicted molar refractivity (Wildman–Crippen MR) is 73.1 cm³/mol. The van der Waals surface area contributed by atoms with Crippen LogP contribution in [0.4, 0.5) is 0 Å². The van der Waals surface area contributed by atoms with Gasteiger partial charge in [-0.3, -0.25) is 4.57 Å². The molecule has 1 aromatic heterocycles. The zero-order valence-electron chi connectivity index (χ0n) is 10.9. The number of aliphatic hydroxyl groups is 1. The molecule has 1 unspecified atom stereocenters. The first-order chi connectivity index (χ1) is 9.11. The van der Waals surface area contributed by atoms with E-state index in [1.807, 2.05) is 12.1 Å². The molecule has 0 radical (unpaired) electrons. The van der Waals surface area contributed by atoms with E-state index < -0.39 is 6.10 Å². The minimum absolute atomic E-state index is 0.260. The van der Waals surface area contributed by atoms with Crippen molar-refractivity contribution in [1.29, 1.82) is 0 Å². The Morgan fingerprint density at radius 2 is 2.32 bits per heavy atom. The molecular weight excluding hydrogens is 246 g/mol. The first-order valence-electron chi connectivity index (χ1n) is 6.29. The van der Waals surface area contributed by atoms with E-state index in [1.54, 1.807) is 13.1 Å². The molecule has 19 heavy (non-hydrogen) atoms. The number of nitrogens with two attached hydrogens (primary N) is 1. The van der Waals surface area contributed by atoms with Crippen molar-refractivity contribution >= 4 is 11.1 Å². The van der Waals surface area contributed by atoms with E-state index in [4.69, 9.17) is 10.2 Å². The van der Waals surface area contributed by atoms with E-state index >= 15 is 0 Å². The fourth-order valence-corrected chi connectivity index (χ4v) is 1.91. The molecule has 0 bridgehead atoms. The van der Waals surface area contributed by atoms with Gasteiger partial charge in [-0.05, 0) is 30.7 Å². The number of aromatic nitrogens is 1. The summed E-state index contributed by atoms with van der Waals surface area (Å²) in [5, 5.41) is 12.4. The Morgan fingerprint density at radius 3 is 3.05 bits per heavy atom. The van der Waals surface area contributed by atoms with Crippen molar-refractivity contribution in [1.82, 2.24) is 9.88 Å². The van der Waals surface area contributed by atoms with E-state index in [2.05, 4.69) is 5.32 Å². The number of hydrogen-bond acceptors (Lipinski definition) is 5. The molecule has 0 amide bonds. The number of aryl methyl sites for hydroxylation is 1. The molecule has 0 aliphatic rings. The molecule has 1 atom stereocenters. The molecule has 0 saturated heterocycles. The Bertz CT molecular complexity index is 603. The Balaban J connectivity index is 1.98. The van der Waals surface area contributed by atoms with Crippen LogP contribution in [0, 0.1) is 0 Å². The zero-order chi connectivity index (χ0) is 13.8. The summed E-state index contributed by atoms with van der Waals surface area (Å²) in [7, 11) is 1.69. The van der Waals surface area contributed by atoms with E-state index in [0.717, 1.165) is 24.0 Å². The lowest BCUT2D eigenvalue weighted by molar-refractivity contribution is 0.180. The first-order valence-corrected chi connectivity index (χ1v) is 6.29. The highest BCUT2D eigenvalue weighted by atomic mass is 16.4. The number of rotatable bonds is 6. The molecule has 6 heteroatoms. The Kier molecular flexibility index (Phi) is 4.36. The second kappa shape index (κ2) is 6.01. The van der Waals surface area contributed by atoms with Gasteiger partial charge in [0.2, 0.25) is 0 Å². The van der Waals surface area contributed by atoms with Gasteiger partial charge in [0, 0.05) is 20.1 Å². The number of fused-ring (bicyclic) bond motifs is 1. The third kappa shape index (κ3) is 3.23. The van der Waals surface area contributed by atoms with Crippen molar-refractivity contribution in [3.63, 3.8) is 0 Å². The summed E-state index contributed by atoms with van der Waals surface area (Å²) in [6.45, 7) is 1.49. The monoisotopic (exact) mass is 265 g/mol. The summed E-state index contributed by atoms with van der Waals surface area (Å²) >= 11 is 0. The van der Waals surface area contributed by atoms with Crippen LogP contribution in [-0.2, 0) is 13.5 Å². The van der Waals surface area contributed by atoms with Gasteiger partial charge in [-0.1, -0.05) is 6.07 Å². The highest BCUT2D eigenvalue weighted by Gasteiger charge is 2.06. The molecule has 2 rings (SSSR count). The number of oxazole rings is 1. The summed E-state index contributed by atoms with van der Waals surface area (Å²) in [5.74, 6) is -0.351. The minimum Gasteiger partial charge on any atom is -0.408 e. The zero-order valence-corrected chi connectivity index (χ0v) is 10.9. The number of aliphatic hydroxyl groups excluding tert-OH is 1. The molecule has 0 fully saturated rings. The van der Waals surface area contributed by atoms with Crippen LogP contribution < -0.4 is 16.8 Å². The van der Waals surface area contributed by atoms with Crippen LogP contribution in [-0.4, -0.2) is 35.4 Å². The van der Waals surface area contributed by atoms with Gasteiger partial charge in [-0.2, -0.15) is 0 Å². The quantitative estimate of drug-likeness (QED) is 0.617.